The van der Waals surface area contributed by atoms with Gasteiger partial charge in [0.2, 0.25) is 5.69 Å². The number of hydrogen-bond donors (Lipinski definition) is 1. The third-order valence-electron chi connectivity index (χ3n) is 1.66. The predicted molar refractivity (Wildman–Crippen MR) is 55.9 cm³/mol. The van der Waals surface area contributed by atoms with Crippen LogP contribution in [0.25, 0.3) is 4.85 Å². The van der Waals surface area contributed by atoms with E-state index in [2.05, 4.69) is 35.6 Å². The fourth-order valence-electron chi connectivity index (χ4n) is 1.07. The summed E-state index contributed by atoms with van der Waals surface area (Å²) in [5.74, 6) is 0.969. The summed E-state index contributed by atoms with van der Waals surface area (Å²) in [6, 6.07) is 0. The van der Waals surface area contributed by atoms with Gasteiger partial charge in [0.05, 0.1) is 6.57 Å². The first-order valence-electron chi connectivity index (χ1n) is 4.41. The van der Waals surface area contributed by atoms with E-state index < -0.39 is 0 Å². The molecule has 0 spiro atoms. The van der Waals surface area contributed by atoms with E-state index in [0.29, 0.717) is 11.5 Å². The maximum atomic E-state index is 6.80. The summed E-state index contributed by atoms with van der Waals surface area (Å²) < 4.78 is 0. The second-order valence-corrected chi connectivity index (χ2v) is 4.41. The predicted octanol–water partition coefficient (Wildman–Crippen LogP) is 2.20. The van der Waals surface area contributed by atoms with E-state index in [1.54, 1.807) is 0 Å². The van der Waals surface area contributed by atoms with Gasteiger partial charge in [-0.3, -0.25) is 4.98 Å². The lowest BCUT2D eigenvalue weighted by Crippen LogP contribution is -2.12. The standard InChI is InChI=1S/C10H14N4/c1-10(2,3)5-8-13-6-7(12-4)9(11)14-8/h6H,5H2,1-3H3,(H2,11,13,14). The van der Waals surface area contributed by atoms with Crippen LogP contribution in [-0.2, 0) is 6.42 Å². The number of hydrogen-bond acceptors (Lipinski definition) is 3. The van der Waals surface area contributed by atoms with Gasteiger partial charge in [-0.15, -0.1) is 0 Å². The Labute approximate surface area is 84.0 Å². The number of nitrogens with zero attached hydrogens (tertiary/aromatic N) is 3. The van der Waals surface area contributed by atoms with Gasteiger partial charge >= 0.3 is 0 Å². The number of nitrogen functional groups attached to an aromatic ring is 1. The SMILES string of the molecule is [C-]#[N+]c1cnc(CC(C)(C)C)nc1N. The summed E-state index contributed by atoms with van der Waals surface area (Å²) in [6.45, 7) is 13.1. The van der Waals surface area contributed by atoms with Crippen molar-refractivity contribution in [2.24, 2.45) is 5.41 Å². The molecule has 2 N–H and O–H groups in total. The molecule has 0 aliphatic heterocycles. The summed E-state index contributed by atoms with van der Waals surface area (Å²) in [4.78, 5) is 11.4. The van der Waals surface area contributed by atoms with Crippen molar-refractivity contribution in [1.82, 2.24) is 9.97 Å². The summed E-state index contributed by atoms with van der Waals surface area (Å²) in [5.41, 5.74) is 6.04. The lowest BCUT2D eigenvalue weighted by atomic mass is 9.92. The molecule has 1 heterocycles. The fourth-order valence-corrected chi connectivity index (χ4v) is 1.07. The molecule has 0 radical (unpaired) electrons. The molecule has 1 rings (SSSR count). The van der Waals surface area contributed by atoms with E-state index in [-0.39, 0.29) is 11.2 Å². The minimum atomic E-state index is 0.131. The van der Waals surface area contributed by atoms with Crippen molar-refractivity contribution in [1.29, 1.82) is 0 Å². The molecule has 0 aliphatic carbocycles. The van der Waals surface area contributed by atoms with E-state index >= 15 is 0 Å². The molecule has 0 aliphatic rings. The summed E-state index contributed by atoms with van der Waals surface area (Å²) in [5, 5.41) is 0. The second kappa shape index (κ2) is 3.62. The first-order chi connectivity index (χ1) is 6.42. The third kappa shape index (κ3) is 2.70. The Morgan fingerprint density at radius 3 is 2.57 bits per heavy atom. The highest BCUT2D eigenvalue weighted by molar-refractivity contribution is 5.60. The van der Waals surface area contributed by atoms with Gasteiger partial charge in [-0.1, -0.05) is 20.8 Å². The van der Waals surface area contributed by atoms with Crippen molar-refractivity contribution >= 4 is 11.5 Å². The molecule has 4 nitrogen and oxygen atoms in total. The highest BCUT2D eigenvalue weighted by atomic mass is 15.0. The van der Waals surface area contributed by atoms with Crippen molar-refractivity contribution in [2.45, 2.75) is 27.2 Å². The summed E-state index contributed by atoms with van der Waals surface area (Å²) in [7, 11) is 0. The number of rotatable bonds is 1. The van der Waals surface area contributed by atoms with Gasteiger partial charge in [-0.25, -0.2) is 9.83 Å². The zero-order chi connectivity index (χ0) is 10.8. The molecule has 0 bridgehead atoms. The van der Waals surface area contributed by atoms with E-state index in [1.807, 2.05) is 0 Å². The van der Waals surface area contributed by atoms with Crippen LogP contribution in [0.5, 0.6) is 0 Å². The van der Waals surface area contributed by atoms with Gasteiger partial charge in [0.1, 0.15) is 11.6 Å². The van der Waals surface area contributed by atoms with Crippen molar-refractivity contribution in [3.63, 3.8) is 0 Å². The van der Waals surface area contributed by atoms with E-state index in [4.69, 9.17) is 12.3 Å². The average molecular weight is 190 g/mol. The molecule has 0 atom stereocenters. The molecule has 1 aromatic heterocycles. The molecule has 74 valence electrons. The van der Waals surface area contributed by atoms with Gasteiger partial charge in [0.15, 0.2) is 0 Å². The number of nitrogens with two attached hydrogens (primary N) is 1. The van der Waals surface area contributed by atoms with Gasteiger partial charge < -0.3 is 5.73 Å². The van der Waals surface area contributed by atoms with Crippen molar-refractivity contribution in [3.05, 3.63) is 23.4 Å². The van der Waals surface area contributed by atoms with Crippen molar-refractivity contribution < 1.29 is 0 Å². The lowest BCUT2D eigenvalue weighted by Gasteiger charge is -2.16. The molecule has 4 heteroatoms. The molecule has 0 unspecified atom stereocenters. The van der Waals surface area contributed by atoms with Gasteiger partial charge in [0.25, 0.3) is 0 Å². The van der Waals surface area contributed by atoms with E-state index in [1.165, 1.54) is 6.20 Å². The maximum Gasteiger partial charge on any atom is 0.245 e. The minimum absolute atomic E-state index is 0.131. The van der Waals surface area contributed by atoms with Crippen LogP contribution in [0.3, 0.4) is 0 Å². The van der Waals surface area contributed by atoms with Gasteiger partial charge in [-0.05, 0) is 5.41 Å². The highest BCUT2D eigenvalue weighted by Gasteiger charge is 2.14. The van der Waals surface area contributed by atoms with Gasteiger partial charge in [-0.2, -0.15) is 0 Å². The zero-order valence-corrected chi connectivity index (χ0v) is 8.70. The normalized spacial score (nSPS) is 11.0. The quantitative estimate of drug-likeness (QED) is 0.690. The zero-order valence-electron chi connectivity index (χ0n) is 8.70. The molecule has 0 saturated heterocycles. The second-order valence-electron chi connectivity index (χ2n) is 4.41. The molecule has 14 heavy (non-hydrogen) atoms. The van der Waals surface area contributed by atoms with Crippen LogP contribution >= 0.6 is 0 Å². The third-order valence-corrected chi connectivity index (χ3v) is 1.66. The lowest BCUT2D eigenvalue weighted by molar-refractivity contribution is 0.401. The molecule has 1 aromatic rings. The van der Waals surface area contributed by atoms with Gasteiger partial charge in [0, 0.05) is 12.6 Å². The number of aromatic nitrogens is 2. The fraction of sp³-hybridized carbons (Fsp3) is 0.500. The Balaban J connectivity index is 2.94. The Bertz CT molecular complexity index is 371. The molecular weight excluding hydrogens is 176 g/mol. The smallest absolute Gasteiger partial charge is 0.245 e. The van der Waals surface area contributed by atoms with Crippen molar-refractivity contribution in [2.75, 3.05) is 5.73 Å². The Morgan fingerprint density at radius 1 is 1.50 bits per heavy atom. The van der Waals surface area contributed by atoms with Crippen LogP contribution in [0.15, 0.2) is 6.20 Å². The van der Waals surface area contributed by atoms with Crippen molar-refractivity contribution in [3.8, 4) is 0 Å². The number of anilines is 1. The summed E-state index contributed by atoms with van der Waals surface area (Å²) in [6.07, 6.45) is 2.24. The minimum Gasteiger partial charge on any atom is -0.392 e. The highest BCUT2D eigenvalue weighted by Crippen LogP contribution is 2.22. The Morgan fingerprint density at radius 2 is 2.14 bits per heavy atom. The molecule has 0 saturated carbocycles. The van der Waals surface area contributed by atoms with Crippen LogP contribution in [0, 0.1) is 12.0 Å². The maximum absolute atomic E-state index is 6.80. The van der Waals surface area contributed by atoms with Crippen LogP contribution < -0.4 is 5.73 Å². The Hall–Kier alpha value is -1.63. The summed E-state index contributed by atoms with van der Waals surface area (Å²) >= 11 is 0. The monoisotopic (exact) mass is 190 g/mol. The molecule has 0 amide bonds. The van der Waals surface area contributed by atoms with Crippen LogP contribution in [0.2, 0.25) is 0 Å². The topological polar surface area (TPSA) is 56.2 Å². The first kappa shape index (κ1) is 10.5. The largest absolute Gasteiger partial charge is 0.392 e. The Kier molecular flexibility index (Phi) is 2.70. The first-order valence-corrected chi connectivity index (χ1v) is 4.41. The van der Waals surface area contributed by atoms with Crippen LogP contribution in [0.4, 0.5) is 11.5 Å². The van der Waals surface area contributed by atoms with Crippen LogP contribution in [-0.4, -0.2) is 9.97 Å². The van der Waals surface area contributed by atoms with E-state index in [0.717, 1.165) is 6.42 Å². The molecular formula is C10H14N4. The van der Waals surface area contributed by atoms with E-state index in [9.17, 15) is 0 Å². The molecule has 0 aromatic carbocycles. The molecule has 0 fully saturated rings. The average Bonchev–Trinajstić information content (AvgIpc) is 2.01. The van der Waals surface area contributed by atoms with Crippen LogP contribution in [0.1, 0.15) is 26.6 Å².